The van der Waals surface area contributed by atoms with Crippen molar-refractivity contribution in [1.29, 1.82) is 0 Å². The highest BCUT2D eigenvalue weighted by atomic mass is 16.5. The molecule has 0 saturated carbocycles. The van der Waals surface area contributed by atoms with Crippen LogP contribution in [0.15, 0.2) is 67.0 Å². The number of hydrogen-bond donors (Lipinski definition) is 0. The van der Waals surface area contributed by atoms with Crippen molar-refractivity contribution in [3.63, 3.8) is 0 Å². The minimum atomic E-state index is 0.438. The molecule has 0 amide bonds. The molecule has 1 aliphatic rings. The van der Waals surface area contributed by atoms with E-state index in [0.29, 0.717) is 11.8 Å². The van der Waals surface area contributed by atoms with Gasteiger partial charge in [-0.3, -0.25) is 4.90 Å². The summed E-state index contributed by atoms with van der Waals surface area (Å²) in [5, 5.41) is 4.89. The largest absolute Gasteiger partial charge is 0.481 e. The molecule has 30 heavy (non-hydrogen) atoms. The molecule has 6 nitrogen and oxygen atoms in total. The Morgan fingerprint density at radius 3 is 2.77 bits per heavy atom. The van der Waals surface area contributed by atoms with Gasteiger partial charge in [-0.05, 0) is 37.1 Å². The van der Waals surface area contributed by atoms with Gasteiger partial charge in [-0.25, -0.2) is 14.5 Å². The average molecular weight is 399 g/mol. The van der Waals surface area contributed by atoms with Crippen molar-refractivity contribution < 1.29 is 4.74 Å². The Labute approximate surface area is 176 Å². The first-order valence-corrected chi connectivity index (χ1v) is 10.4. The second kappa shape index (κ2) is 8.24. The minimum Gasteiger partial charge on any atom is -0.481 e. The first kappa shape index (κ1) is 18.8. The summed E-state index contributed by atoms with van der Waals surface area (Å²) < 4.78 is 7.28. The van der Waals surface area contributed by atoms with Crippen molar-refractivity contribution in [3.05, 3.63) is 78.2 Å². The predicted molar refractivity (Wildman–Crippen MR) is 116 cm³/mol. The van der Waals surface area contributed by atoms with E-state index in [9.17, 15) is 0 Å². The summed E-state index contributed by atoms with van der Waals surface area (Å²) in [4.78, 5) is 11.3. The van der Waals surface area contributed by atoms with Gasteiger partial charge < -0.3 is 4.74 Å². The maximum absolute atomic E-state index is 5.26. The molecule has 0 bridgehead atoms. The van der Waals surface area contributed by atoms with E-state index >= 15 is 0 Å². The van der Waals surface area contributed by atoms with Crippen LogP contribution in [0.4, 0.5) is 0 Å². The highest BCUT2D eigenvalue weighted by Crippen LogP contribution is 2.29. The number of aromatic nitrogens is 4. The lowest BCUT2D eigenvalue weighted by Gasteiger charge is -2.33. The maximum Gasteiger partial charge on any atom is 0.213 e. The zero-order valence-corrected chi connectivity index (χ0v) is 17.1. The number of benzene rings is 1. The number of rotatable bonds is 5. The third-order valence-corrected chi connectivity index (χ3v) is 5.80. The quantitative estimate of drug-likeness (QED) is 0.504. The van der Waals surface area contributed by atoms with Crippen molar-refractivity contribution in [2.45, 2.75) is 25.3 Å². The third-order valence-electron chi connectivity index (χ3n) is 5.80. The average Bonchev–Trinajstić information content (AvgIpc) is 3.24. The molecular formula is C24H25N5O. The molecule has 3 aromatic heterocycles. The molecule has 4 aromatic rings. The highest BCUT2D eigenvalue weighted by Gasteiger charge is 2.24. The summed E-state index contributed by atoms with van der Waals surface area (Å²) in [5.41, 5.74) is 5.33. The molecule has 0 N–H and O–H groups in total. The molecule has 5 rings (SSSR count). The van der Waals surface area contributed by atoms with E-state index in [1.165, 1.54) is 24.1 Å². The van der Waals surface area contributed by atoms with Crippen LogP contribution >= 0.6 is 0 Å². The van der Waals surface area contributed by atoms with E-state index in [4.69, 9.17) is 9.84 Å². The molecule has 4 heterocycles. The number of likely N-dealkylation sites (tertiary alicyclic amines) is 1. The normalized spacial score (nSPS) is 17.3. The smallest absolute Gasteiger partial charge is 0.213 e. The van der Waals surface area contributed by atoms with Crippen molar-refractivity contribution in [2.24, 2.45) is 0 Å². The maximum atomic E-state index is 5.26. The summed E-state index contributed by atoms with van der Waals surface area (Å²) >= 11 is 0. The predicted octanol–water partition coefficient (Wildman–Crippen LogP) is 4.18. The molecule has 1 atom stereocenters. The molecule has 0 aliphatic carbocycles. The molecule has 152 valence electrons. The Hall–Kier alpha value is -3.25. The highest BCUT2D eigenvalue weighted by molar-refractivity contribution is 5.64. The van der Waals surface area contributed by atoms with Gasteiger partial charge in [0.1, 0.15) is 0 Å². The molecule has 1 unspecified atom stereocenters. The van der Waals surface area contributed by atoms with Crippen LogP contribution < -0.4 is 4.74 Å². The Bertz CT molecular complexity index is 1140. The number of hydrogen-bond acceptors (Lipinski definition) is 5. The first-order chi connectivity index (χ1) is 14.8. The lowest BCUT2D eigenvalue weighted by Crippen LogP contribution is -2.34. The van der Waals surface area contributed by atoms with Crippen LogP contribution in [0.2, 0.25) is 0 Å². The van der Waals surface area contributed by atoms with Crippen LogP contribution in [0, 0.1) is 0 Å². The van der Waals surface area contributed by atoms with E-state index in [1.807, 2.05) is 28.9 Å². The van der Waals surface area contributed by atoms with Crippen molar-refractivity contribution in [3.8, 4) is 17.1 Å². The van der Waals surface area contributed by atoms with Crippen LogP contribution in [-0.4, -0.2) is 44.7 Å². The molecule has 1 aromatic carbocycles. The summed E-state index contributed by atoms with van der Waals surface area (Å²) in [6, 6.07) is 18.7. The van der Waals surface area contributed by atoms with Gasteiger partial charge in [-0.15, -0.1) is 0 Å². The molecule has 1 fully saturated rings. The number of methoxy groups -OCH3 is 1. The Morgan fingerprint density at radius 2 is 1.90 bits per heavy atom. The van der Waals surface area contributed by atoms with Gasteiger partial charge in [-0.2, -0.15) is 5.10 Å². The zero-order valence-electron chi connectivity index (χ0n) is 17.1. The number of pyridine rings is 1. The summed E-state index contributed by atoms with van der Waals surface area (Å²) in [7, 11) is 1.62. The van der Waals surface area contributed by atoms with Gasteiger partial charge in [-0.1, -0.05) is 30.3 Å². The monoisotopic (exact) mass is 399 g/mol. The molecular weight excluding hydrogens is 374 g/mol. The summed E-state index contributed by atoms with van der Waals surface area (Å²) in [5.74, 6) is 1.02. The molecule has 1 aliphatic heterocycles. The van der Waals surface area contributed by atoms with Gasteiger partial charge in [0.05, 0.1) is 18.5 Å². The van der Waals surface area contributed by atoms with E-state index in [-0.39, 0.29) is 0 Å². The second-order valence-electron chi connectivity index (χ2n) is 7.82. The van der Waals surface area contributed by atoms with Crippen molar-refractivity contribution in [2.75, 3.05) is 20.2 Å². The lowest BCUT2D eigenvalue weighted by molar-refractivity contribution is 0.197. The number of piperidine rings is 1. The number of fused-ring (bicyclic) bond motifs is 1. The molecule has 0 spiro atoms. The number of ether oxygens (including phenoxy) is 1. The fourth-order valence-electron chi connectivity index (χ4n) is 4.33. The van der Waals surface area contributed by atoms with E-state index < -0.39 is 0 Å². The topological polar surface area (TPSA) is 55.5 Å². The van der Waals surface area contributed by atoms with E-state index in [0.717, 1.165) is 36.5 Å². The SMILES string of the molecule is COc1cc(-c2cc3nccc(C4CCCN(Cc5ccccc5)C4)n3n2)ccn1. The van der Waals surface area contributed by atoms with Gasteiger partial charge in [0.25, 0.3) is 0 Å². The molecule has 1 saturated heterocycles. The zero-order chi connectivity index (χ0) is 20.3. The Morgan fingerprint density at radius 1 is 1.03 bits per heavy atom. The van der Waals surface area contributed by atoms with Crippen LogP contribution in [0.25, 0.3) is 16.9 Å². The second-order valence-corrected chi connectivity index (χ2v) is 7.82. The fraction of sp³-hybridized carbons (Fsp3) is 0.292. The summed E-state index contributed by atoms with van der Waals surface area (Å²) in [6.07, 6.45) is 6.01. The lowest BCUT2D eigenvalue weighted by atomic mass is 9.94. The van der Waals surface area contributed by atoms with Crippen LogP contribution in [0.1, 0.15) is 30.0 Å². The first-order valence-electron chi connectivity index (χ1n) is 10.4. The third kappa shape index (κ3) is 3.78. The van der Waals surface area contributed by atoms with E-state index in [1.54, 1.807) is 13.3 Å². The molecule has 0 radical (unpaired) electrons. The van der Waals surface area contributed by atoms with Gasteiger partial charge in [0.2, 0.25) is 5.88 Å². The fourth-order valence-corrected chi connectivity index (χ4v) is 4.33. The van der Waals surface area contributed by atoms with Crippen LogP contribution in [0.5, 0.6) is 5.88 Å². The minimum absolute atomic E-state index is 0.438. The van der Waals surface area contributed by atoms with Gasteiger partial charge in [0, 0.05) is 49.1 Å². The van der Waals surface area contributed by atoms with E-state index in [2.05, 4.69) is 51.3 Å². The van der Waals surface area contributed by atoms with Crippen LogP contribution in [0.3, 0.4) is 0 Å². The van der Waals surface area contributed by atoms with Gasteiger partial charge >= 0.3 is 0 Å². The van der Waals surface area contributed by atoms with Crippen molar-refractivity contribution in [1.82, 2.24) is 24.5 Å². The van der Waals surface area contributed by atoms with Crippen molar-refractivity contribution >= 4 is 5.65 Å². The standard InChI is InChI=1S/C24H25N5O/c1-30-24-14-19(9-11-26-24)21-15-23-25-12-10-22(29(23)27-21)20-8-5-13-28(17-20)16-18-6-3-2-4-7-18/h2-4,6-7,9-12,14-15,20H,5,8,13,16-17H2,1H3. The summed E-state index contributed by atoms with van der Waals surface area (Å²) in [6.45, 7) is 3.17. The Kier molecular flexibility index (Phi) is 5.15. The Balaban J connectivity index is 1.43. The van der Waals surface area contributed by atoms with Gasteiger partial charge in [0.15, 0.2) is 5.65 Å². The number of nitrogens with zero attached hydrogens (tertiary/aromatic N) is 5. The van der Waals surface area contributed by atoms with Crippen LogP contribution in [-0.2, 0) is 6.54 Å². The molecule has 6 heteroatoms.